The molecule has 1 unspecified atom stereocenters. The summed E-state index contributed by atoms with van der Waals surface area (Å²) in [6.07, 6.45) is 1.92. The van der Waals surface area contributed by atoms with Gasteiger partial charge < -0.3 is 5.32 Å². The van der Waals surface area contributed by atoms with Crippen LogP contribution < -0.4 is 10.2 Å². The van der Waals surface area contributed by atoms with Crippen molar-refractivity contribution in [2.45, 2.75) is 38.1 Å². The Morgan fingerprint density at radius 2 is 1.41 bits per heavy atom. The molecule has 0 spiro atoms. The van der Waals surface area contributed by atoms with Crippen molar-refractivity contribution in [2.75, 3.05) is 6.54 Å². The van der Waals surface area contributed by atoms with Gasteiger partial charge in [-0.3, -0.25) is 14.6 Å². The summed E-state index contributed by atoms with van der Waals surface area (Å²) in [6, 6.07) is 33.9. The molecular weight excluding hydrogens is 493 g/mol. The van der Waals surface area contributed by atoms with Gasteiger partial charge in [0.05, 0.1) is 6.04 Å². The molecule has 4 aromatic carbocycles. The highest BCUT2D eigenvalue weighted by molar-refractivity contribution is 6.00. The Bertz CT molecular complexity index is 1310. The van der Waals surface area contributed by atoms with Gasteiger partial charge in [-0.25, -0.2) is 9.18 Å². The highest BCUT2D eigenvalue weighted by atomic mass is 19.1. The fourth-order valence-electron chi connectivity index (χ4n) is 4.60. The van der Waals surface area contributed by atoms with E-state index in [-0.39, 0.29) is 17.5 Å². The Labute approximate surface area is 228 Å². The number of nitrogens with one attached hydrogen (secondary N) is 1. The maximum atomic E-state index is 14.0. The molecule has 0 saturated heterocycles. The molecule has 1 atom stereocenters. The Kier molecular flexibility index (Phi) is 9.98. The van der Waals surface area contributed by atoms with Gasteiger partial charge >= 0.3 is 5.97 Å². The van der Waals surface area contributed by atoms with Crippen LogP contribution in [0.1, 0.15) is 52.7 Å². The van der Waals surface area contributed by atoms with Crippen LogP contribution in [0.25, 0.3) is 0 Å². The number of ketones is 1. The van der Waals surface area contributed by atoms with E-state index in [2.05, 4.69) is 34.5 Å². The van der Waals surface area contributed by atoms with Gasteiger partial charge in [0, 0.05) is 18.4 Å². The fraction of sp³-hybridized carbons (Fsp3) is 0.212. The Morgan fingerprint density at radius 3 is 2.00 bits per heavy atom. The number of Topliss-reactive ketones (excluding diaryl/α,β-unsaturated/α-hetero) is 1. The maximum absolute atomic E-state index is 14.0. The average molecular weight is 526 g/mol. The number of aryl methyl sites for hydroxylation is 1. The fourth-order valence-corrected chi connectivity index (χ4v) is 4.60. The molecule has 0 aliphatic heterocycles. The SMILES string of the molecule is CC(=O)OOc1cc(CCCNC(CC(c2ccccc2)c2ccccc2)C(=O)c2ccccc2)ccc1F. The molecule has 0 aliphatic carbocycles. The minimum absolute atomic E-state index is 0.0376. The summed E-state index contributed by atoms with van der Waals surface area (Å²) >= 11 is 0. The van der Waals surface area contributed by atoms with Crippen molar-refractivity contribution in [3.8, 4) is 5.75 Å². The van der Waals surface area contributed by atoms with Gasteiger partial charge in [0.25, 0.3) is 0 Å². The lowest BCUT2D eigenvalue weighted by Gasteiger charge is -2.25. The number of carbonyl (C=O) groups is 2. The van der Waals surface area contributed by atoms with E-state index in [1.54, 1.807) is 6.07 Å². The van der Waals surface area contributed by atoms with Crippen molar-refractivity contribution in [1.82, 2.24) is 5.32 Å². The molecule has 6 heteroatoms. The molecule has 200 valence electrons. The van der Waals surface area contributed by atoms with E-state index in [4.69, 9.17) is 4.89 Å². The smallest absolute Gasteiger partial charge is 0.307 e. The second-order valence-corrected chi connectivity index (χ2v) is 9.37. The minimum Gasteiger partial charge on any atom is -0.307 e. The third-order valence-corrected chi connectivity index (χ3v) is 6.53. The summed E-state index contributed by atoms with van der Waals surface area (Å²) in [4.78, 5) is 33.9. The molecule has 1 N–H and O–H groups in total. The summed E-state index contributed by atoms with van der Waals surface area (Å²) in [5.41, 5.74) is 3.81. The van der Waals surface area contributed by atoms with Gasteiger partial charge in [0.15, 0.2) is 11.6 Å². The highest BCUT2D eigenvalue weighted by Crippen LogP contribution is 2.30. The zero-order valence-corrected chi connectivity index (χ0v) is 21.9. The van der Waals surface area contributed by atoms with Crippen LogP contribution in [0.5, 0.6) is 5.75 Å². The highest BCUT2D eigenvalue weighted by Gasteiger charge is 2.25. The van der Waals surface area contributed by atoms with Crippen LogP contribution in [0, 0.1) is 5.82 Å². The molecule has 0 fully saturated rings. The normalized spacial score (nSPS) is 11.7. The number of hydrogen-bond acceptors (Lipinski definition) is 5. The Balaban J connectivity index is 1.48. The van der Waals surface area contributed by atoms with Crippen LogP contribution in [0.15, 0.2) is 109 Å². The average Bonchev–Trinajstić information content (AvgIpc) is 2.98. The molecule has 0 saturated carbocycles. The van der Waals surface area contributed by atoms with E-state index < -0.39 is 17.8 Å². The van der Waals surface area contributed by atoms with Crippen molar-refractivity contribution >= 4 is 11.8 Å². The van der Waals surface area contributed by atoms with Gasteiger partial charge in [-0.05, 0) is 54.6 Å². The van der Waals surface area contributed by atoms with E-state index in [0.717, 1.165) is 16.7 Å². The minimum atomic E-state index is -0.664. The zero-order chi connectivity index (χ0) is 27.5. The third kappa shape index (κ3) is 8.09. The molecule has 0 aliphatic rings. The summed E-state index contributed by atoms with van der Waals surface area (Å²) in [5, 5.41) is 3.50. The molecule has 0 heterocycles. The van der Waals surface area contributed by atoms with Crippen LogP contribution >= 0.6 is 0 Å². The van der Waals surface area contributed by atoms with E-state index in [9.17, 15) is 14.0 Å². The van der Waals surface area contributed by atoms with Gasteiger partial charge in [-0.1, -0.05) is 97.1 Å². The van der Waals surface area contributed by atoms with E-state index >= 15 is 0 Å². The summed E-state index contributed by atoms with van der Waals surface area (Å²) < 4.78 is 14.0. The molecular formula is C33H32FNO4. The monoisotopic (exact) mass is 525 g/mol. The molecule has 0 radical (unpaired) electrons. The van der Waals surface area contributed by atoms with Crippen LogP contribution in [-0.4, -0.2) is 24.3 Å². The van der Waals surface area contributed by atoms with Gasteiger partial charge in [-0.2, -0.15) is 0 Å². The predicted octanol–water partition coefficient (Wildman–Crippen LogP) is 6.68. The quantitative estimate of drug-likeness (QED) is 0.0913. The van der Waals surface area contributed by atoms with E-state index in [1.807, 2.05) is 66.7 Å². The first kappa shape index (κ1) is 27.7. The summed E-state index contributed by atoms with van der Waals surface area (Å²) in [6.45, 7) is 1.76. The lowest BCUT2D eigenvalue weighted by Crippen LogP contribution is -2.39. The van der Waals surface area contributed by atoms with Crippen molar-refractivity contribution in [1.29, 1.82) is 0 Å². The van der Waals surface area contributed by atoms with Crippen LogP contribution in [0.3, 0.4) is 0 Å². The van der Waals surface area contributed by atoms with Crippen LogP contribution in [0.4, 0.5) is 4.39 Å². The van der Waals surface area contributed by atoms with Crippen molar-refractivity contribution in [2.24, 2.45) is 0 Å². The number of hydrogen-bond donors (Lipinski definition) is 1. The van der Waals surface area contributed by atoms with E-state index in [1.165, 1.54) is 19.1 Å². The molecule has 0 amide bonds. The Morgan fingerprint density at radius 1 is 0.821 bits per heavy atom. The van der Waals surface area contributed by atoms with Crippen LogP contribution in [0.2, 0.25) is 0 Å². The molecule has 4 rings (SSSR count). The zero-order valence-electron chi connectivity index (χ0n) is 21.9. The molecule has 5 nitrogen and oxygen atoms in total. The molecule has 0 bridgehead atoms. The maximum Gasteiger partial charge on any atom is 0.352 e. The molecule has 39 heavy (non-hydrogen) atoms. The number of rotatable bonds is 13. The second kappa shape index (κ2) is 14.0. The summed E-state index contributed by atoms with van der Waals surface area (Å²) in [5.74, 6) is -1.33. The van der Waals surface area contributed by atoms with E-state index in [0.29, 0.717) is 31.4 Å². The largest absolute Gasteiger partial charge is 0.352 e. The van der Waals surface area contributed by atoms with Crippen molar-refractivity contribution < 1.29 is 23.8 Å². The number of carbonyl (C=O) groups excluding carboxylic acids is 2. The standard InChI is InChI=1S/C33H32FNO4/c1-24(36)38-39-32-22-25(19-20-30(32)34)12-11-21-35-31(33(37)28-17-9-4-10-18-28)23-29(26-13-5-2-6-14-26)27-15-7-3-8-16-27/h2-10,13-20,22,29,31,35H,11-12,21,23H2,1H3. The molecule has 0 aromatic heterocycles. The summed E-state index contributed by atoms with van der Waals surface area (Å²) in [7, 11) is 0. The predicted molar refractivity (Wildman–Crippen MR) is 149 cm³/mol. The topological polar surface area (TPSA) is 64.6 Å². The van der Waals surface area contributed by atoms with Crippen molar-refractivity contribution in [3.63, 3.8) is 0 Å². The van der Waals surface area contributed by atoms with Crippen LogP contribution in [-0.2, 0) is 16.1 Å². The van der Waals surface area contributed by atoms with Crippen molar-refractivity contribution in [3.05, 3.63) is 137 Å². The third-order valence-electron chi connectivity index (χ3n) is 6.53. The first-order valence-corrected chi connectivity index (χ1v) is 13.1. The first-order valence-electron chi connectivity index (χ1n) is 13.1. The first-order chi connectivity index (χ1) is 19.0. The number of halogens is 1. The van der Waals surface area contributed by atoms with Gasteiger partial charge in [0.2, 0.25) is 5.75 Å². The van der Waals surface area contributed by atoms with Gasteiger partial charge in [0.1, 0.15) is 0 Å². The van der Waals surface area contributed by atoms with Gasteiger partial charge in [-0.15, -0.1) is 0 Å². The Hall–Kier alpha value is -4.29. The number of benzene rings is 4. The lowest BCUT2D eigenvalue weighted by atomic mass is 9.84. The lowest BCUT2D eigenvalue weighted by molar-refractivity contribution is -0.211. The second-order valence-electron chi connectivity index (χ2n) is 9.37. The molecule has 4 aromatic rings.